The summed E-state index contributed by atoms with van der Waals surface area (Å²) in [6, 6.07) is 7.09. The lowest BCUT2D eigenvalue weighted by atomic mass is 10.1. The second kappa shape index (κ2) is 3.78. The Hall–Kier alpha value is -1.75. The van der Waals surface area contributed by atoms with Crippen molar-refractivity contribution < 1.29 is 5.21 Å². The Labute approximate surface area is 89.9 Å². The molecule has 0 aliphatic carbocycles. The van der Waals surface area contributed by atoms with E-state index in [1.54, 1.807) is 12.1 Å². The normalized spacial score (nSPS) is 10.5. The van der Waals surface area contributed by atoms with Gasteiger partial charge in [-0.25, -0.2) is 9.89 Å². The maximum atomic E-state index is 10.9. The Kier molecular flexibility index (Phi) is 2.47. The van der Waals surface area contributed by atoms with E-state index in [1.165, 1.54) is 0 Å². The van der Waals surface area contributed by atoms with Gasteiger partial charge in [0, 0.05) is 11.4 Å². The Morgan fingerprint density at radius 1 is 1.40 bits per heavy atom. The van der Waals surface area contributed by atoms with Crippen LogP contribution in [-0.4, -0.2) is 20.1 Å². The number of aromatic amines is 1. The molecule has 1 heterocycles. The molecule has 1 aromatic heterocycles. The van der Waals surface area contributed by atoms with Gasteiger partial charge in [-0.1, -0.05) is 23.7 Å². The third-order valence-electron chi connectivity index (χ3n) is 1.99. The molecule has 2 aromatic rings. The van der Waals surface area contributed by atoms with Crippen molar-refractivity contribution in [3.05, 3.63) is 51.2 Å². The largest absolute Gasteiger partial charge is 0.422 e. The summed E-state index contributed by atoms with van der Waals surface area (Å²) in [4.78, 5) is 10.9. The van der Waals surface area contributed by atoms with Crippen LogP contribution in [0.2, 0.25) is 5.02 Å². The molecule has 0 unspecified atom stereocenters. The van der Waals surface area contributed by atoms with Crippen molar-refractivity contribution in [1.82, 2.24) is 14.9 Å². The van der Waals surface area contributed by atoms with Crippen molar-refractivity contribution in [2.45, 2.75) is 6.42 Å². The smallest absolute Gasteiger partial charge is 0.376 e. The second-order valence-corrected chi connectivity index (χ2v) is 3.50. The molecular weight excluding hydrogens is 218 g/mol. The Morgan fingerprint density at radius 2 is 2.07 bits per heavy atom. The lowest BCUT2D eigenvalue weighted by Crippen LogP contribution is -2.15. The van der Waals surface area contributed by atoms with Crippen LogP contribution < -0.4 is 5.69 Å². The van der Waals surface area contributed by atoms with E-state index in [0.717, 1.165) is 5.56 Å². The number of benzene rings is 1. The zero-order valence-electron chi connectivity index (χ0n) is 7.64. The van der Waals surface area contributed by atoms with Gasteiger partial charge in [-0.2, -0.15) is 5.10 Å². The quantitative estimate of drug-likeness (QED) is 0.751. The maximum Gasteiger partial charge on any atom is 0.376 e. The zero-order chi connectivity index (χ0) is 10.8. The molecule has 0 fully saturated rings. The summed E-state index contributed by atoms with van der Waals surface area (Å²) >= 11 is 5.72. The first-order valence-electron chi connectivity index (χ1n) is 4.27. The van der Waals surface area contributed by atoms with E-state index in [0.29, 0.717) is 16.2 Å². The van der Waals surface area contributed by atoms with Gasteiger partial charge in [0.05, 0.1) is 0 Å². The monoisotopic (exact) mass is 225 g/mol. The number of nitrogens with one attached hydrogen (secondary N) is 1. The van der Waals surface area contributed by atoms with Gasteiger partial charge in [-0.05, 0) is 17.7 Å². The summed E-state index contributed by atoms with van der Waals surface area (Å²) in [5.41, 5.74) is 0.271. The minimum Gasteiger partial charge on any atom is -0.422 e. The molecule has 0 atom stereocenters. The van der Waals surface area contributed by atoms with Crippen molar-refractivity contribution in [3.8, 4) is 0 Å². The molecule has 0 amide bonds. The van der Waals surface area contributed by atoms with E-state index in [1.807, 2.05) is 12.1 Å². The number of halogens is 1. The van der Waals surface area contributed by atoms with E-state index >= 15 is 0 Å². The van der Waals surface area contributed by atoms with Crippen LogP contribution in [0.3, 0.4) is 0 Å². The van der Waals surface area contributed by atoms with Gasteiger partial charge in [0.15, 0.2) is 5.82 Å². The molecule has 0 saturated heterocycles. The first-order valence-corrected chi connectivity index (χ1v) is 4.64. The van der Waals surface area contributed by atoms with Gasteiger partial charge < -0.3 is 5.21 Å². The van der Waals surface area contributed by atoms with Gasteiger partial charge in [-0.15, -0.1) is 4.73 Å². The van der Waals surface area contributed by atoms with E-state index in [-0.39, 0.29) is 5.82 Å². The van der Waals surface area contributed by atoms with Crippen molar-refractivity contribution in [3.63, 3.8) is 0 Å². The predicted molar refractivity (Wildman–Crippen MR) is 54.3 cm³/mol. The molecule has 2 N–H and O–H groups in total. The van der Waals surface area contributed by atoms with Crippen molar-refractivity contribution in [2.24, 2.45) is 0 Å². The lowest BCUT2D eigenvalue weighted by molar-refractivity contribution is 0.166. The van der Waals surface area contributed by atoms with Gasteiger partial charge >= 0.3 is 5.69 Å². The van der Waals surface area contributed by atoms with Gasteiger partial charge in [-0.3, -0.25) is 0 Å². The third kappa shape index (κ3) is 2.02. The number of hydrogen-bond acceptors (Lipinski definition) is 3. The third-order valence-corrected chi connectivity index (χ3v) is 2.24. The molecular formula is C9H8ClN3O2. The van der Waals surface area contributed by atoms with Crippen LogP contribution in [0.1, 0.15) is 11.4 Å². The number of rotatable bonds is 2. The molecule has 0 bridgehead atoms. The molecule has 0 spiro atoms. The first kappa shape index (κ1) is 9.79. The maximum absolute atomic E-state index is 10.9. The Morgan fingerprint density at radius 3 is 2.60 bits per heavy atom. The fourth-order valence-corrected chi connectivity index (χ4v) is 1.35. The van der Waals surface area contributed by atoms with Crippen LogP contribution >= 0.6 is 11.6 Å². The van der Waals surface area contributed by atoms with Crippen molar-refractivity contribution >= 4 is 11.6 Å². The average Bonchev–Trinajstić information content (AvgIpc) is 2.53. The average molecular weight is 226 g/mol. The zero-order valence-corrected chi connectivity index (χ0v) is 8.40. The van der Waals surface area contributed by atoms with Crippen LogP contribution in [0.15, 0.2) is 29.1 Å². The van der Waals surface area contributed by atoms with Crippen molar-refractivity contribution in [1.29, 1.82) is 0 Å². The summed E-state index contributed by atoms with van der Waals surface area (Å²) in [6.07, 6.45) is 0.367. The minimum atomic E-state index is -0.640. The molecule has 5 nitrogen and oxygen atoms in total. The van der Waals surface area contributed by atoms with Gasteiger partial charge in [0.1, 0.15) is 0 Å². The Balaban J connectivity index is 2.26. The number of hydrogen-bond donors (Lipinski definition) is 2. The fourth-order valence-electron chi connectivity index (χ4n) is 1.22. The van der Waals surface area contributed by atoms with Crippen LogP contribution in [0, 0.1) is 0 Å². The highest BCUT2D eigenvalue weighted by atomic mass is 35.5. The molecule has 2 rings (SSSR count). The summed E-state index contributed by atoms with van der Waals surface area (Å²) in [6.45, 7) is 0. The van der Waals surface area contributed by atoms with Crippen LogP contribution in [0.5, 0.6) is 0 Å². The minimum absolute atomic E-state index is 0.266. The first-order chi connectivity index (χ1) is 7.16. The predicted octanol–water partition coefficient (Wildman–Crippen LogP) is 1.05. The highest BCUT2D eigenvalue weighted by molar-refractivity contribution is 6.30. The summed E-state index contributed by atoms with van der Waals surface area (Å²) < 4.78 is 0.495. The van der Waals surface area contributed by atoms with Crippen LogP contribution in [0.4, 0.5) is 0 Å². The summed E-state index contributed by atoms with van der Waals surface area (Å²) in [5, 5.41) is 15.7. The molecule has 15 heavy (non-hydrogen) atoms. The van der Waals surface area contributed by atoms with Crippen LogP contribution in [-0.2, 0) is 6.42 Å². The summed E-state index contributed by atoms with van der Waals surface area (Å²) in [7, 11) is 0. The van der Waals surface area contributed by atoms with E-state index in [9.17, 15) is 10.0 Å². The number of H-pyrrole nitrogens is 1. The molecule has 0 aliphatic rings. The van der Waals surface area contributed by atoms with Gasteiger partial charge in [0.25, 0.3) is 0 Å². The van der Waals surface area contributed by atoms with E-state index < -0.39 is 5.69 Å². The SMILES string of the molecule is O=c1[nH]nc(Cc2ccc(Cl)cc2)n1O. The van der Waals surface area contributed by atoms with Crippen LogP contribution in [0.25, 0.3) is 0 Å². The van der Waals surface area contributed by atoms with E-state index in [4.69, 9.17) is 11.6 Å². The summed E-state index contributed by atoms with van der Waals surface area (Å²) in [5.74, 6) is 0.266. The number of aromatic nitrogens is 3. The molecule has 0 radical (unpaired) electrons. The van der Waals surface area contributed by atoms with Gasteiger partial charge in [0.2, 0.25) is 0 Å². The second-order valence-electron chi connectivity index (χ2n) is 3.06. The number of nitrogens with zero attached hydrogens (tertiary/aromatic N) is 2. The molecule has 6 heteroatoms. The Bertz CT molecular complexity index is 515. The van der Waals surface area contributed by atoms with Crippen molar-refractivity contribution in [2.75, 3.05) is 0 Å². The highest BCUT2D eigenvalue weighted by Gasteiger charge is 2.06. The lowest BCUT2D eigenvalue weighted by Gasteiger charge is -1.99. The molecule has 1 aromatic carbocycles. The molecule has 0 saturated carbocycles. The topological polar surface area (TPSA) is 70.9 Å². The molecule has 0 aliphatic heterocycles. The standard InChI is InChI=1S/C9H8ClN3O2/c10-7-3-1-6(2-4-7)5-8-11-12-9(14)13(8)15/h1-4,15H,5H2,(H,12,14). The fraction of sp³-hybridized carbons (Fsp3) is 0.111. The molecule has 78 valence electrons. The van der Waals surface area contributed by atoms with E-state index in [2.05, 4.69) is 10.2 Å². The highest BCUT2D eigenvalue weighted by Crippen LogP contribution is 2.11.